The summed E-state index contributed by atoms with van der Waals surface area (Å²) in [6, 6.07) is 4.13. The van der Waals surface area contributed by atoms with Gasteiger partial charge >= 0.3 is 6.18 Å². The van der Waals surface area contributed by atoms with Gasteiger partial charge in [0, 0.05) is 11.6 Å². The lowest BCUT2D eigenvalue weighted by atomic mass is 9.91. The second kappa shape index (κ2) is 8.02. The number of halogens is 3. The fourth-order valence-electron chi connectivity index (χ4n) is 2.31. The van der Waals surface area contributed by atoms with Gasteiger partial charge in [0.15, 0.2) is 0 Å². The fourth-order valence-corrected chi connectivity index (χ4v) is 2.31. The van der Waals surface area contributed by atoms with E-state index in [9.17, 15) is 13.2 Å². The molecule has 0 radical (unpaired) electrons. The number of nitriles is 1. The summed E-state index contributed by atoms with van der Waals surface area (Å²) in [5, 5.41) is 8.94. The largest absolute Gasteiger partial charge is 0.433 e. The maximum absolute atomic E-state index is 12.9. The van der Waals surface area contributed by atoms with Crippen molar-refractivity contribution >= 4 is 0 Å². The highest BCUT2D eigenvalue weighted by atomic mass is 19.4. The number of aromatic nitrogens is 1. The molecule has 0 N–H and O–H groups in total. The van der Waals surface area contributed by atoms with Crippen LogP contribution in [0.15, 0.2) is 12.1 Å². The van der Waals surface area contributed by atoms with E-state index in [2.05, 4.69) is 18.8 Å². The van der Waals surface area contributed by atoms with Gasteiger partial charge in [-0.25, -0.2) is 4.98 Å². The van der Waals surface area contributed by atoms with Crippen molar-refractivity contribution in [3.63, 3.8) is 0 Å². The van der Waals surface area contributed by atoms with Gasteiger partial charge in [-0.2, -0.15) is 18.4 Å². The molecule has 0 aliphatic carbocycles. The number of pyridine rings is 1. The van der Waals surface area contributed by atoms with Crippen LogP contribution in [-0.4, -0.2) is 4.98 Å². The zero-order chi connectivity index (χ0) is 15.9. The van der Waals surface area contributed by atoms with E-state index in [1.165, 1.54) is 6.07 Å². The highest BCUT2D eigenvalue weighted by Crippen LogP contribution is 2.32. The Bertz CT molecular complexity index is 481. The van der Waals surface area contributed by atoms with Crippen LogP contribution in [-0.2, 0) is 6.18 Å². The van der Waals surface area contributed by atoms with Crippen molar-refractivity contribution in [1.82, 2.24) is 4.98 Å². The molecule has 0 aromatic carbocycles. The quantitative estimate of drug-likeness (QED) is 0.672. The van der Waals surface area contributed by atoms with E-state index in [-0.39, 0.29) is 11.5 Å². The van der Waals surface area contributed by atoms with Crippen molar-refractivity contribution in [2.24, 2.45) is 0 Å². The Labute approximate surface area is 124 Å². The number of rotatable bonds is 7. The number of alkyl halides is 3. The van der Waals surface area contributed by atoms with E-state index in [4.69, 9.17) is 5.26 Å². The third-order valence-electron chi connectivity index (χ3n) is 3.50. The van der Waals surface area contributed by atoms with Crippen LogP contribution in [0.25, 0.3) is 0 Å². The van der Waals surface area contributed by atoms with Gasteiger partial charge < -0.3 is 0 Å². The fraction of sp³-hybridized carbons (Fsp3) is 0.625. The number of hydrogen-bond donors (Lipinski definition) is 0. The first-order chi connectivity index (χ1) is 9.92. The van der Waals surface area contributed by atoms with Gasteiger partial charge in [0.05, 0.1) is 11.6 Å². The molecule has 0 saturated heterocycles. The Morgan fingerprint density at radius 2 is 1.71 bits per heavy atom. The van der Waals surface area contributed by atoms with Gasteiger partial charge in [-0.15, -0.1) is 0 Å². The summed E-state index contributed by atoms with van der Waals surface area (Å²) >= 11 is 0. The molecule has 1 heterocycles. The normalized spacial score (nSPS) is 11.7. The molecule has 0 unspecified atom stereocenters. The second-order valence-corrected chi connectivity index (χ2v) is 5.26. The zero-order valence-corrected chi connectivity index (χ0v) is 12.5. The molecule has 2 nitrogen and oxygen atoms in total. The highest BCUT2D eigenvalue weighted by Gasteiger charge is 2.33. The third-order valence-corrected chi connectivity index (χ3v) is 3.50. The maximum atomic E-state index is 12.9. The number of nitrogens with zero attached hydrogens (tertiary/aromatic N) is 2. The molecule has 1 rings (SSSR count). The average Bonchev–Trinajstić information content (AvgIpc) is 2.46. The predicted octanol–water partition coefficient (Wildman–Crippen LogP) is 5.44. The summed E-state index contributed by atoms with van der Waals surface area (Å²) < 4.78 is 38.6. The molecule has 5 heteroatoms. The first-order valence-electron chi connectivity index (χ1n) is 7.41. The lowest BCUT2D eigenvalue weighted by molar-refractivity contribution is -0.141. The minimum Gasteiger partial charge on any atom is -0.248 e. The lowest BCUT2D eigenvalue weighted by Crippen LogP contribution is -2.12. The van der Waals surface area contributed by atoms with Crippen LogP contribution >= 0.6 is 0 Å². The molecule has 1 aromatic rings. The van der Waals surface area contributed by atoms with Gasteiger partial charge in [0.2, 0.25) is 0 Å². The monoisotopic (exact) mass is 298 g/mol. The minimum atomic E-state index is -4.51. The average molecular weight is 298 g/mol. The molecule has 0 spiro atoms. The SMILES string of the molecule is CCCCC(CCCC)c1cc(C#N)cc(C(F)(F)F)n1. The standard InChI is InChI=1S/C16H21F3N2/c1-3-5-7-13(8-6-4-2)14-9-12(11-20)10-15(21-14)16(17,18)19/h9-10,13H,3-8H2,1-2H3. The Morgan fingerprint density at radius 1 is 1.14 bits per heavy atom. The smallest absolute Gasteiger partial charge is 0.248 e. The van der Waals surface area contributed by atoms with E-state index >= 15 is 0 Å². The molecule has 0 aliphatic heterocycles. The summed E-state index contributed by atoms with van der Waals surface area (Å²) in [4.78, 5) is 3.78. The van der Waals surface area contributed by atoms with Gasteiger partial charge in [-0.1, -0.05) is 39.5 Å². The van der Waals surface area contributed by atoms with E-state index < -0.39 is 11.9 Å². The van der Waals surface area contributed by atoms with E-state index in [0.717, 1.165) is 44.6 Å². The third kappa shape index (κ3) is 5.37. The van der Waals surface area contributed by atoms with Crippen LogP contribution in [0.4, 0.5) is 13.2 Å². The van der Waals surface area contributed by atoms with Crippen LogP contribution in [0.5, 0.6) is 0 Å². The Balaban J connectivity index is 3.13. The Morgan fingerprint density at radius 3 is 2.14 bits per heavy atom. The van der Waals surface area contributed by atoms with Crippen LogP contribution in [0.2, 0.25) is 0 Å². The summed E-state index contributed by atoms with van der Waals surface area (Å²) in [5.41, 5.74) is -0.525. The lowest BCUT2D eigenvalue weighted by Gasteiger charge is -2.18. The van der Waals surface area contributed by atoms with Crippen LogP contribution in [0.1, 0.15) is 75.2 Å². The zero-order valence-electron chi connectivity index (χ0n) is 12.5. The summed E-state index contributed by atoms with van der Waals surface area (Å²) in [5.74, 6) is -0.000648. The molecule has 1 aromatic heterocycles. The first kappa shape index (κ1) is 17.5. The van der Waals surface area contributed by atoms with Crippen LogP contribution in [0, 0.1) is 11.3 Å². The van der Waals surface area contributed by atoms with Crippen molar-refractivity contribution in [3.8, 4) is 6.07 Å². The number of unbranched alkanes of at least 4 members (excludes halogenated alkanes) is 2. The molecule has 116 valence electrons. The highest BCUT2D eigenvalue weighted by molar-refractivity contribution is 5.34. The van der Waals surface area contributed by atoms with E-state index in [1.807, 2.05) is 0 Å². The van der Waals surface area contributed by atoms with Crippen molar-refractivity contribution < 1.29 is 13.2 Å². The van der Waals surface area contributed by atoms with Crippen molar-refractivity contribution in [2.45, 2.75) is 64.5 Å². The second-order valence-electron chi connectivity index (χ2n) is 5.26. The molecule has 0 saturated carbocycles. The summed E-state index contributed by atoms with van der Waals surface area (Å²) in [6.07, 6.45) is 1.01. The van der Waals surface area contributed by atoms with Crippen molar-refractivity contribution in [2.75, 3.05) is 0 Å². The number of hydrogen-bond acceptors (Lipinski definition) is 2. The molecule has 21 heavy (non-hydrogen) atoms. The molecular formula is C16H21F3N2. The Hall–Kier alpha value is -1.57. The van der Waals surface area contributed by atoms with Gasteiger partial charge in [0.1, 0.15) is 5.69 Å². The first-order valence-corrected chi connectivity index (χ1v) is 7.41. The molecule has 0 atom stereocenters. The van der Waals surface area contributed by atoms with Crippen molar-refractivity contribution in [3.05, 3.63) is 29.1 Å². The van der Waals surface area contributed by atoms with Gasteiger partial charge in [0.25, 0.3) is 0 Å². The molecule has 0 aliphatic rings. The summed E-state index contributed by atoms with van der Waals surface area (Å²) in [6.45, 7) is 4.11. The summed E-state index contributed by atoms with van der Waals surface area (Å²) in [7, 11) is 0. The van der Waals surface area contributed by atoms with Crippen LogP contribution < -0.4 is 0 Å². The molecule has 0 bridgehead atoms. The van der Waals surface area contributed by atoms with E-state index in [0.29, 0.717) is 5.69 Å². The topological polar surface area (TPSA) is 36.7 Å². The maximum Gasteiger partial charge on any atom is 0.433 e. The predicted molar refractivity (Wildman–Crippen MR) is 75.7 cm³/mol. The Kier molecular flexibility index (Phi) is 6.67. The minimum absolute atomic E-state index is 0.000648. The van der Waals surface area contributed by atoms with Crippen LogP contribution in [0.3, 0.4) is 0 Å². The molecular weight excluding hydrogens is 277 g/mol. The van der Waals surface area contributed by atoms with E-state index in [1.54, 1.807) is 6.07 Å². The van der Waals surface area contributed by atoms with Crippen molar-refractivity contribution in [1.29, 1.82) is 5.26 Å². The molecule has 0 amide bonds. The van der Waals surface area contributed by atoms with Gasteiger partial charge in [-0.05, 0) is 25.0 Å². The van der Waals surface area contributed by atoms with Gasteiger partial charge in [-0.3, -0.25) is 0 Å². The molecule has 0 fully saturated rings.